The maximum Gasteiger partial charge on any atom is 0.266 e. The average Bonchev–Trinajstić information content (AvgIpc) is 2.93. The Bertz CT molecular complexity index is 1440. The van der Waals surface area contributed by atoms with E-state index in [1.165, 1.54) is 30.3 Å². The van der Waals surface area contributed by atoms with Gasteiger partial charge in [0.1, 0.15) is 5.75 Å². The van der Waals surface area contributed by atoms with Crippen molar-refractivity contribution < 1.29 is 32.6 Å². The Balaban J connectivity index is 1.68. The van der Waals surface area contributed by atoms with Gasteiger partial charge in [0.25, 0.3) is 21.8 Å². The van der Waals surface area contributed by atoms with Crippen LogP contribution in [0.4, 0.5) is 0 Å². The van der Waals surface area contributed by atoms with Gasteiger partial charge in [-0.05, 0) is 66.8 Å². The number of aromatic nitrogens is 1. The van der Waals surface area contributed by atoms with Gasteiger partial charge in [0, 0.05) is 18.3 Å². The molecule has 3 rings (SSSR count). The summed E-state index contributed by atoms with van der Waals surface area (Å²) in [6.45, 7) is 2.32. The molecule has 1 aromatic heterocycles. The number of amides is 2. The highest BCUT2D eigenvalue weighted by Gasteiger charge is 2.21. The van der Waals surface area contributed by atoms with E-state index in [4.69, 9.17) is 4.74 Å². The van der Waals surface area contributed by atoms with Crippen molar-refractivity contribution in [1.82, 2.24) is 15.0 Å². The standard InChI is InChI=1S/C28H31N3O7S/c1-3-4-5-7-20-16-22(18-30-25(20)28(34)35)27(33)31-39(36,37)24-9-6-8-21(17-24)26(32)29-15-14-19-10-12-23(38-2)13-11-19/h6,8-13,16-18H,3-5,7,14-15H2,1-2H3,(H,29,32)(H,31,33)(H,34,35)/p-1. The number of hydrogen-bond acceptors (Lipinski definition) is 8. The van der Waals surface area contributed by atoms with Crippen LogP contribution < -0.4 is 19.9 Å². The zero-order chi connectivity index (χ0) is 28.4. The highest BCUT2D eigenvalue weighted by atomic mass is 32.2. The van der Waals surface area contributed by atoms with Crippen molar-refractivity contribution in [2.24, 2.45) is 0 Å². The minimum absolute atomic E-state index is 0.109. The van der Waals surface area contributed by atoms with Gasteiger partial charge in [-0.15, -0.1) is 0 Å². The van der Waals surface area contributed by atoms with Crippen molar-refractivity contribution in [1.29, 1.82) is 0 Å². The fourth-order valence-electron chi connectivity index (χ4n) is 3.83. The van der Waals surface area contributed by atoms with Gasteiger partial charge in [-0.25, -0.2) is 13.1 Å². The van der Waals surface area contributed by atoms with E-state index in [9.17, 15) is 27.9 Å². The van der Waals surface area contributed by atoms with Crippen LogP contribution in [0.1, 0.15) is 68.5 Å². The molecular weight excluding hydrogens is 522 g/mol. The van der Waals surface area contributed by atoms with Crippen molar-refractivity contribution in [2.75, 3.05) is 13.7 Å². The molecule has 2 aromatic carbocycles. The number of nitrogens with one attached hydrogen (secondary N) is 2. The number of unbranched alkanes of at least 4 members (excludes halogenated alkanes) is 2. The molecule has 0 unspecified atom stereocenters. The fourth-order valence-corrected chi connectivity index (χ4v) is 4.85. The van der Waals surface area contributed by atoms with Crippen LogP contribution in [-0.4, -0.2) is 44.8 Å². The number of pyridine rings is 1. The largest absolute Gasteiger partial charge is 0.543 e. The Morgan fingerprint density at radius 2 is 1.69 bits per heavy atom. The summed E-state index contributed by atoms with van der Waals surface area (Å²) in [7, 11) is -2.76. The molecule has 3 aromatic rings. The Morgan fingerprint density at radius 1 is 0.949 bits per heavy atom. The number of aromatic carboxylic acids is 1. The highest BCUT2D eigenvalue weighted by molar-refractivity contribution is 7.90. The van der Waals surface area contributed by atoms with Crippen molar-refractivity contribution >= 4 is 27.8 Å². The van der Waals surface area contributed by atoms with Gasteiger partial charge >= 0.3 is 0 Å². The third-order valence-electron chi connectivity index (χ3n) is 5.96. The molecule has 0 aliphatic heterocycles. The summed E-state index contributed by atoms with van der Waals surface area (Å²) in [4.78, 5) is 40.3. The SMILES string of the molecule is CCCCCc1cc(C(=O)NS(=O)(=O)c2cccc(C(=O)NCCc3ccc(OC)cc3)c2)cnc1C(=O)[O-]. The van der Waals surface area contributed by atoms with Gasteiger partial charge in [0.05, 0.1) is 29.2 Å². The molecule has 0 aliphatic carbocycles. The van der Waals surface area contributed by atoms with Gasteiger partial charge in [0.15, 0.2) is 0 Å². The van der Waals surface area contributed by atoms with Gasteiger partial charge < -0.3 is 20.0 Å². The normalized spacial score (nSPS) is 11.0. The van der Waals surface area contributed by atoms with Crippen molar-refractivity contribution in [3.63, 3.8) is 0 Å². The zero-order valence-corrected chi connectivity index (χ0v) is 22.5. The number of hydrogen-bond donors (Lipinski definition) is 2. The molecule has 0 atom stereocenters. The van der Waals surface area contributed by atoms with Gasteiger partial charge in [-0.3, -0.25) is 14.6 Å². The molecule has 11 heteroatoms. The summed E-state index contributed by atoms with van der Waals surface area (Å²) in [5.41, 5.74) is 1.00. The second-order valence-corrected chi connectivity index (χ2v) is 10.5. The molecule has 0 aliphatic rings. The van der Waals surface area contributed by atoms with E-state index < -0.39 is 27.8 Å². The number of rotatable bonds is 13. The monoisotopic (exact) mass is 552 g/mol. The van der Waals surface area contributed by atoms with E-state index >= 15 is 0 Å². The first-order valence-electron chi connectivity index (χ1n) is 12.4. The van der Waals surface area contributed by atoms with E-state index in [0.29, 0.717) is 31.4 Å². The number of nitrogens with zero attached hydrogens (tertiary/aromatic N) is 1. The van der Waals surface area contributed by atoms with Crippen LogP contribution in [0.3, 0.4) is 0 Å². The summed E-state index contributed by atoms with van der Waals surface area (Å²) in [5, 5.41) is 14.1. The molecule has 0 fully saturated rings. The first-order chi connectivity index (χ1) is 18.6. The van der Waals surface area contributed by atoms with Crippen molar-refractivity contribution in [2.45, 2.75) is 43.9 Å². The van der Waals surface area contributed by atoms with Gasteiger partial charge in [-0.2, -0.15) is 0 Å². The number of carboxylic acid groups (broad SMARTS) is 1. The van der Waals surface area contributed by atoms with E-state index in [2.05, 4.69) is 10.3 Å². The Hall–Kier alpha value is -4.25. The van der Waals surface area contributed by atoms with E-state index in [1.54, 1.807) is 7.11 Å². The number of sulfonamides is 1. The van der Waals surface area contributed by atoms with E-state index in [-0.39, 0.29) is 21.7 Å². The number of benzene rings is 2. The molecule has 2 N–H and O–H groups in total. The number of carbonyl (C=O) groups excluding carboxylic acids is 3. The van der Waals surface area contributed by atoms with Gasteiger partial charge in [0.2, 0.25) is 0 Å². The predicted octanol–water partition coefficient (Wildman–Crippen LogP) is 2.28. The van der Waals surface area contributed by atoms with Crippen LogP contribution in [0.15, 0.2) is 65.7 Å². The summed E-state index contributed by atoms with van der Waals surface area (Å²) in [5.74, 6) is -2.18. The third-order valence-corrected chi connectivity index (χ3v) is 7.29. The lowest BCUT2D eigenvalue weighted by atomic mass is 10.0. The molecular formula is C28H30N3O7S-. The lowest BCUT2D eigenvalue weighted by Gasteiger charge is -2.12. The van der Waals surface area contributed by atoms with Crippen LogP contribution in [0.25, 0.3) is 0 Å². The molecule has 39 heavy (non-hydrogen) atoms. The molecule has 1 heterocycles. The Labute approximate surface area is 227 Å². The summed E-state index contributed by atoms with van der Waals surface area (Å²) >= 11 is 0. The molecule has 206 valence electrons. The lowest BCUT2D eigenvalue weighted by molar-refractivity contribution is -0.255. The van der Waals surface area contributed by atoms with Gasteiger partial charge in [-0.1, -0.05) is 38.0 Å². The molecule has 0 bridgehead atoms. The number of carboxylic acids is 1. The Kier molecular flexibility index (Phi) is 10.2. The molecule has 2 amide bonds. The summed E-state index contributed by atoms with van der Waals surface area (Å²) < 4.78 is 32.9. The number of carbonyl (C=O) groups is 3. The topological polar surface area (TPSA) is 155 Å². The molecule has 10 nitrogen and oxygen atoms in total. The minimum Gasteiger partial charge on any atom is -0.543 e. The second kappa shape index (κ2) is 13.5. The van der Waals surface area contributed by atoms with Crippen LogP contribution in [0, 0.1) is 0 Å². The van der Waals surface area contributed by atoms with E-state index in [1.807, 2.05) is 35.9 Å². The average molecular weight is 553 g/mol. The fraction of sp³-hybridized carbons (Fsp3) is 0.286. The smallest absolute Gasteiger partial charge is 0.266 e. The van der Waals surface area contributed by atoms with E-state index in [0.717, 1.165) is 30.4 Å². The summed E-state index contributed by atoms with van der Waals surface area (Å²) in [6, 6.07) is 14.0. The first kappa shape index (κ1) is 29.3. The Morgan fingerprint density at radius 3 is 2.36 bits per heavy atom. The number of methoxy groups -OCH3 is 1. The quantitative estimate of drug-likeness (QED) is 0.306. The van der Waals surface area contributed by atoms with Crippen LogP contribution in [-0.2, 0) is 22.9 Å². The number of ether oxygens (including phenoxy) is 1. The third kappa shape index (κ3) is 8.11. The second-order valence-electron chi connectivity index (χ2n) is 8.79. The summed E-state index contributed by atoms with van der Waals surface area (Å²) in [6.07, 6.45) is 4.35. The highest BCUT2D eigenvalue weighted by Crippen LogP contribution is 2.16. The number of aryl methyl sites for hydroxylation is 1. The maximum atomic E-state index is 12.9. The molecule has 0 saturated heterocycles. The van der Waals surface area contributed by atoms with Crippen molar-refractivity contribution in [3.8, 4) is 5.75 Å². The lowest BCUT2D eigenvalue weighted by Crippen LogP contribution is -2.32. The molecule has 0 radical (unpaired) electrons. The van der Waals surface area contributed by atoms with Crippen LogP contribution in [0.5, 0.6) is 5.75 Å². The maximum absolute atomic E-state index is 12.9. The predicted molar refractivity (Wildman–Crippen MR) is 142 cm³/mol. The van der Waals surface area contributed by atoms with Crippen LogP contribution >= 0.6 is 0 Å². The van der Waals surface area contributed by atoms with Crippen LogP contribution in [0.2, 0.25) is 0 Å². The zero-order valence-electron chi connectivity index (χ0n) is 21.7. The molecule has 0 spiro atoms. The minimum atomic E-state index is -4.34. The van der Waals surface area contributed by atoms with Crippen molar-refractivity contribution in [3.05, 3.63) is 88.7 Å². The first-order valence-corrected chi connectivity index (χ1v) is 13.9. The molecule has 0 saturated carbocycles.